The molecule has 62 valence electrons. The normalized spacial score (nSPS) is 12.6. The second kappa shape index (κ2) is 4.46. The molecule has 0 heterocycles. The minimum atomic E-state index is -0.222. The van der Waals surface area contributed by atoms with Gasteiger partial charge in [-0.05, 0) is 17.8 Å². The highest BCUT2D eigenvalue weighted by molar-refractivity contribution is 6.44. The molecule has 0 saturated carbocycles. The van der Waals surface area contributed by atoms with Crippen molar-refractivity contribution in [3.05, 3.63) is 0 Å². The summed E-state index contributed by atoms with van der Waals surface area (Å²) < 4.78 is 0. The smallest absolute Gasteiger partial charge is 0.105 e. The molecule has 0 aromatic rings. The monoisotopic (exact) mass is 182 g/mol. The zero-order chi connectivity index (χ0) is 8.31. The molecular formula is C8H16Cl2. The molecule has 0 fully saturated rings. The van der Waals surface area contributed by atoms with Crippen LogP contribution in [0.25, 0.3) is 0 Å². The van der Waals surface area contributed by atoms with Gasteiger partial charge in [0, 0.05) is 0 Å². The van der Waals surface area contributed by atoms with Crippen molar-refractivity contribution in [2.75, 3.05) is 0 Å². The predicted octanol–water partition coefficient (Wildman–Crippen LogP) is 3.72. The molecule has 0 rings (SSSR count). The number of rotatable bonds is 3. The molecule has 10 heavy (non-hydrogen) atoms. The van der Waals surface area contributed by atoms with E-state index in [4.69, 9.17) is 23.2 Å². The number of halogens is 2. The highest BCUT2D eigenvalue weighted by atomic mass is 35.5. The minimum absolute atomic E-state index is 0.222. The van der Waals surface area contributed by atoms with Crippen LogP contribution in [0.1, 0.15) is 27.7 Å². The van der Waals surface area contributed by atoms with Gasteiger partial charge in [0.25, 0.3) is 0 Å². The average Bonchev–Trinajstić information content (AvgIpc) is 1.59. The first kappa shape index (κ1) is 10.6. The molecule has 0 aliphatic carbocycles. The molecule has 0 radical (unpaired) electrons. The van der Waals surface area contributed by atoms with Crippen LogP contribution >= 0.6 is 23.2 Å². The highest BCUT2D eigenvalue weighted by Crippen LogP contribution is 2.29. The Balaban J connectivity index is 3.98. The van der Waals surface area contributed by atoms with E-state index in [0.29, 0.717) is 17.8 Å². The molecule has 0 bridgehead atoms. The lowest BCUT2D eigenvalue weighted by molar-refractivity contribution is 0.307. The average molecular weight is 183 g/mol. The molecular weight excluding hydrogens is 167 g/mol. The van der Waals surface area contributed by atoms with E-state index in [1.165, 1.54) is 0 Å². The number of hydrogen-bond acceptors (Lipinski definition) is 0. The first-order valence-corrected chi connectivity index (χ1v) is 4.62. The van der Waals surface area contributed by atoms with Gasteiger partial charge in [0.05, 0.1) is 0 Å². The Hall–Kier alpha value is 0.580. The summed E-state index contributed by atoms with van der Waals surface area (Å²) in [6.45, 7) is 8.62. The summed E-state index contributed by atoms with van der Waals surface area (Å²) >= 11 is 11.6. The summed E-state index contributed by atoms with van der Waals surface area (Å²) in [6, 6.07) is 0. The maximum absolute atomic E-state index is 5.80. The molecule has 0 atom stereocenters. The SMILES string of the molecule is CC(C)C(C(C)C)C(Cl)Cl. The van der Waals surface area contributed by atoms with Crippen molar-refractivity contribution in [3.8, 4) is 0 Å². The summed E-state index contributed by atoms with van der Waals surface area (Å²) in [7, 11) is 0. The summed E-state index contributed by atoms with van der Waals surface area (Å²) in [6.07, 6.45) is 0. The molecule has 0 unspecified atom stereocenters. The topological polar surface area (TPSA) is 0 Å². The van der Waals surface area contributed by atoms with E-state index in [-0.39, 0.29) is 4.84 Å². The minimum Gasteiger partial charge on any atom is -0.105 e. The molecule has 0 spiro atoms. The van der Waals surface area contributed by atoms with Gasteiger partial charge in [0.15, 0.2) is 0 Å². The molecule has 2 heteroatoms. The first-order chi connectivity index (χ1) is 4.46. The zero-order valence-electron chi connectivity index (χ0n) is 7.07. The van der Waals surface area contributed by atoms with Gasteiger partial charge in [0.1, 0.15) is 4.84 Å². The third-order valence-electron chi connectivity index (χ3n) is 1.83. The van der Waals surface area contributed by atoms with Gasteiger partial charge in [-0.15, -0.1) is 23.2 Å². The summed E-state index contributed by atoms with van der Waals surface area (Å²) in [5.41, 5.74) is 0. The Kier molecular flexibility index (Phi) is 4.71. The quantitative estimate of drug-likeness (QED) is 0.585. The fraction of sp³-hybridized carbons (Fsp3) is 1.00. The maximum Gasteiger partial charge on any atom is 0.111 e. The lowest BCUT2D eigenvalue weighted by Crippen LogP contribution is -2.22. The second-order valence-corrected chi connectivity index (χ2v) is 4.56. The van der Waals surface area contributed by atoms with Gasteiger partial charge in [-0.2, -0.15) is 0 Å². The van der Waals surface area contributed by atoms with Crippen molar-refractivity contribution < 1.29 is 0 Å². The fourth-order valence-electron chi connectivity index (χ4n) is 1.35. The summed E-state index contributed by atoms with van der Waals surface area (Å²) in [4.78, 5) is -0.222. The van der Waals surface area contributed by atoms with Crippen LogP contribution in [0.15, 0.2) is 0 Å². The van der Waals surface area contributed by atoms with Crippen LogP contribution in [0, 0.1) is 17.8 Å². The Bertz CT molecular complexity index is 68.2. The number of alkyl halides is 2. The Morgan fingerprint density at radius 1 is 0.800 bits per heavy atom. The van der Waals surface area contributed by atoms with Crippen molar-refractivity contribution in [2.24, 2.45) is 17.8 Å². The molecule has 0 aromatic carbocycles. The molecule has 0 nitrogen and oxygen atoms in total. The third kappa shape index (κ3) is 3.12. The largest absolute Gasteiger partial charge is 0.111 e. The van der Waals surface area contributed by atoms with Crippen LogP contribution in [-0.4, -0.2) is 4.84 Å². The van der Waals surface area contributed by atoms with Crippen molar-refractivity contribution in [2.45, 2.75) is 32.5 Å². The third-order valence-corrected chi connectivity index (χ3v) is 2.41. The van der Waals surface area contributed by atoms with E-state index in [2.05, 4.69) is 27.7 Å². The second-order valence-electron chi connectivity index (χ2n) is 3.40. The van der Waals surface area contributed by atoms with Gasteiger partial charge >= 0.3 is 0 Å². The lowest BCUT2D eigenvalue weighted by Gasteiger charge is -2.25. The maximum atomic E-state index is 5.80. The van der Waals surface area contributed by atoms with Crippen LogP contribution in [0.3, 0.4) is 0 Å². The van der Waals surface area contributed by atoms with Crippen LogP contribution in [-0.2, 0) is 0 Å². The Labute approximate surface area is 73.9 Å². The van der Waals surface area contributed by atoms with Crippen LogP contribution < -0.4 is 0 Å². The summed E-state index contributed by atoms with van der Waals surface area (Å²) in [5.74, 6) is 1.56. The first-order valence-electron chi connectivity index (χ1n) is 3.75. The molecule has 0 amide bonds. The Morgan fingerprint density at radius 3 is 1.10 bits per heavy atom. The van der Waals surface area contributed by atoms with E-state index in [9.17, 15) is 0 Å². The van der Waals surface area contributed by atoms with Gasteiger partial charge < -0.3 is 0 Å². The highest BCUT2D eigenvalue weighted by Gasteiger charge is 2.23. The van der Waals surface area contributed by atoms with Crippen LogP contribution in [0.2, 0.25) is 0 Å². The van der Waals surface area contributed by atoms with Gasteiger partial charge in [0.2, 0.25) is 0 Å². The molecule has 0 aromatic heterocycles. The lowest BCUT2D eigenvalue weighted by atomic mass is 9.87. The van der Waals surface area contributed by atoms with Crippen molar-refractivity contribution in [1.29, 1.82) is 0 Å². The van der Waals surface area contributed by atoms with E-state index in [0.717, 1.165) is 0 Å². The number of hydrogen-bond donors (Lipinski definition) is 0. The zero-order valence-corrected chi connectivity index (χ0v) is 8.58. The van der Waals surface area contributed by atoms with Gasteiger partial charge in [-0.25, -0.2) is 0 Å². The molecule has 0 aliphatic rings. The van der Waals surface area contributed by atoms with Gasteiger partial charge in [-0.1, -0.05) is 27.7 Å². The van der Waals surface area contributed by atoms with E-state index >= 15 is 0 Å². The Morgan fingerprint density at radius 2 is 1.10 bits per heavy atom. The van der Waals surface area contributed by atoms with E-state index in [1.54, 1.807) is 0 Å². The standard InChI is InChI=1S/C8H16Cl2/c1-5(2)7(6(3)4)8(9)10/h5-8H,1-4H3. The van der Waals surface area contributed by atoms with E-state index < -0.39 is 0 Å². The van der Waals surface area contributed by atoms with E-state index in [1.807, 2.05) is 0 Å². The van der Waals surface area contributed by atoms with Crippen molar-refractivity contribution in [3.63, 3.8) is 0 Å². The fourth-order valence-corrected chi connectivity index (χ4v) is 2.52. The predicted molar refractivity (Wildman–Crippen MR) is 48.7 cm³/mol. The molecule has 0 saturated heterocycles. The van der Waals surface area contributed by atoms with Crippen molar-refractivity contribution >= 4 is 23.2 Å². The summed E-state index contributed by atoms with van der Waals surface area (Å²) in [5, 5.41) is 0. The van der Waals surface area contributed by atoms with Crippen LogP contribution in [0.5, 0.6) is 0 Å². The van der Waals surface area contributed by atoms with Gasteiger partial charge in [-0.3, -0.25) is 0 Å². The van der Waals surface area contributed by atoms with Crippen molar-refractivity contribution in [1.82, 2.24) is 0 Å². The van der Waals surface area contributed by atoms with Crippen LogP contribution in [0.4, 0.5) is 0 Å². The molecule has 0 N–H and O–H groups in total. The molecule has 0 aliphatic heterocycles.